The van der Waals surface area contributed by atoms with E-state index < -0.39 is 10.7 Å². The van der Waals surface area contributed by atoms with Gasteiger partial charge in [-0.05, 0) is 5.56 Å². The van der Waals surface area contributed by atoms with Gasteiger partial charge in [-0.3, -0.25) is 10.1 Å². The maximum atomic E-state index is 13.8. The fourth-order valence-corrected chi connectivity index (χ4v) is 1.78. The summed E-state index contributed by atoms with van der Waals surface area (Å²) in [6.45, 7) is 0. The Labute approximate surface area is 107 Å². The number of nitro groups is 1. The van der Waals surface area contributed by atoms with Crippen molar-refractivity contribution < 1.29 is 9.31 Å². The van der Waals surface area contributed by atoms with Crippen molar-refractivity contribution in [3.63, 3.8) is 0 Å². The first-order chi connectivity index (χ1) is 8.59. The van der Waals surface area contributed by atoms with Gasteiger partial charge in [0.25, 0.3) is 5.69 Å². The Morgan fingerprint density at radius 2 is 2.00 bits per heavy atom. The van der Waals surface area contributed by atoms with Gasteiger partial charge in [-0.2, -0.15) is 0 Å². The van der Waals surface area contributed by atoms with Crippen molar-refractivity contribution in [1.82, 2.24) is 4.98 Å². The largest absolute Gasteiger partial charge is 0.294 e. The highest BCUT2D eigenvalue weighted by Gasteiger charge is 2.21. The minimum absolute atomic E-state index is 0.0498. The third-order valence-electron chi connectivity index (χ3n) is 2.48. The first-order valence-corrected chi connectivity index (χ1v) is 5.48. The smallest absolute Gasteiger partial charge is 0.258 e. The van der Waals surface area contributed by atoms with E-state index in [9.17, 15) is 14.5 Å². The molecule has 0 radical (unpaired) electrons. The third kappa shape index (κ3) is 2.46. The predicted molar refractivity (Wildman–Crippen MR) is 65.1 cm³/mol. The van der Waals surface area contributed by atoms with E-state index in [0.29, 0.717) is 0 Å². The molecule has 1 aromatic heterocycles. The normalized spacial score (nSPS) is 10.3. The molecule has 0 aliphatic carbocycles. The molecule has 6 heteroatoms. The number of hydrogen-bond donors (Lipinski definition) is 0. The van der Waals surface area contributed by atoms with Gasteiger partial charge in [0.2, 0.25) is 0 Å². The molecule has 0 amide bonds. The van der Waals surface area contributed by atoms with Gasteiger partial charge in [0.15, 0.2) is 11.0 Å². The summed E-state index contributed by atoms with van der Waals surface area (Å²) in [6, 6.07) is 8.90. The number of benzene rings is 1. The molecule has 92 valence electrons. The summed E-state index contributed by atoms with van der Waals surface area (Å²) in [7, 11) is 0. The van der Waals surface area contributed by atoms with E-state index >= 15 is 0 Å². The maximum Gasteiger partial charge on any atom is 0.294 e. The summed E-state index contributed by atoms with van der Waals surface area (Å²) >= 11 is 5.55. The summed E-state index contributed by atoms with van der Waals surface area (Å²) < 4.78 is 13.8. The average Bonchev–Trinajstić information content (AvgIpc) is 2.36. The van der Waals surface area contributed by atoms with E-state index in [1.165, 1.54) is 0 Å². The summed E-state index contributed by atoms with van der Waals surface area (Å²) in [4.78, 5) is 13.6. The van der Waals surface area contributed by atoms with Crippen molar-refractivity contribution in [3.8, 4) is 0 Å². The fourth-order valence-electron chi connectivity index (χ4n) is 1.61. The Kier molecular flexibility index (Phi) is 3.53. The average molecular weight is 267 g/mol. The first-order valence-electron chi connectivity index (χ1n) is 5.10. The Morgan fingerprint density at radius 1 is 1.33 bits per heavy atom. The third-order valence-corrected chi connectivity index (χ3v) is 2.74. The van der Waals surface area contributed by atoms with Crippen LogP contribution in [0.4, 0.5) is 10.1 Å². The lowest BCUT2D eigenvalue weighted by atomic mass is 10.0. The molecule has 1 aromatic carbocycles. The SMILES string of the molecule is O=[N+]([O-])c1cnc(Cl)c(F)c1Cc1ccccc1. The molecule has 0 aliphatic rings. The van der Waals surface area contributed by atoms with Crippen LogP contribution in [0.1, 0.15) is 11.1 Å². The summed E-state index contributed by atoms with van der Waals surface area (Å²) in [5, 5.41) is 10.5. The first kappa shape index (κ1) is 12.4. The highest BCUT2D eigenvalue weighted by Crippen LogP contribution is 2.27. The van der Waals surface area contributed by atoms with E-state index in [0.717, 1.165) is 11.8 Å². The second-order valence-corrected chi connectivity index (χ2v) is 4.00. The standard InChI is InChI=1S/C12H8ClFN2O2/c13-12-11(14)9(10(7-15-12)16(17)18)6-8-4-2-1-3-5-8/h1-5,7H,6H2. The molecule has 0 fully saturated rings. The van der Waals surface area contributed by atoms with Gasteiger partial charge in [-0.1, -0.05) is 41.9 Å². The van der Waals surface area contributed by atoms with Crippen LogP contribution in [0.3, 0.4) is 0 Å². The van der Waals surface area contributed by atoms with Crippen LogP contribution >= 0.6 is 11.6 Å². The molecular formula is C12H8ClFN2O2. The summed E-state index contributed by atoms with van der Waals surface area (Å²) in [5.41, 5.74) is 0.355. The second kappa shape index (κ2) is 5.10. The highest BCUT2D eigenvalue weighted by molar-refractivity contribution is 6.29. The molecular weight excluding hydrogens is 259 g/mol. The molecule has 0 saturated carbocycles. The number of pyridine rings is 1. The topological polar surface area (TPSA) is 56.0 Å². The van der Waals surface area contributed by atoms with Gasteiger partial charge in [0.05, 0.1) is 10.5 Å². The molecule has 18 heavy (non-hydrogen) atoms. The quantitative estimate of drug-likeness (QED) is 0.486. The summed E-state index contributed by atoms with van der Waals surface area (Å²) in [5.74, 6) is -0.838. The van der Waals surface area contributed by atoms with Crippen LogP contribution in [0.25, 0.3) is 0 Å². The Bertz CT molecular complexity index is 590. The summed E-state index contributed by atoms with van der Waals surface area (Å²) in [6.07, 6.45) is 1.08. The zero-order valence-corrected chi connectivity index (χ0v) is 9.89. The van der Waals surface area contributed by atoms with Crippen molar-refractivity contribution in [2.24, 2.45) is 0 Å². The lowest BCUT2D eigenvalue weighted by molar-refractivity contribution is -0.386. The van der Waals surface area contributed by atoms with Crippen molar-refractivity contribution in [3.05, 3.63) is 68.7 Å². The van der Waals surface area contributed by atoms with Crippen LogP contribution in [0, 0.1) is 15.9 Å². The lowest BCUT2D eigenvalue weighted by Gasteiger charge is -2.05. The van der Waals surface area contributed by atoms with Gasteiger partial charge in [0.1, 0.15) is 6.20 Å². The molecule has 0 saturated heterocycles. The zero-order chi connectivity index (χ0) is 13.1. The molecule has 0 spiro atoms. The fraction of sp³-hybridized carbons (Fsp3) is 0.0833. The van der Waals surface area contributed by atoms with Crippen molar-refractivity contribution in [2.75, 3.05) is 0 Å². The van der Waals surface area contributed by atoms with Crippen LogP contribution in [0.15, 0.2) is 36.5 Å². The van der Waals surface area contributed by atoms with Crippen LogP contribution in [-0.4, -0.2) is 9.91 Å². The van der Waals surface area contributed by atoms with Gasteiger partial charge in [-0.25, -0.2) is 9.37 Å². The molecule has 4 nitrogen and oxygen atoms in total. The van der Waals surface area contributed by atoms with Crippen LogP contribution in [0.5, 0.6) is 0 Å². The number of rotatable bonds is 3. The zero-order valence-electron chi connectivity index (χ0n) is 9.14. The van der Waals surface area contributed by atoms with Crippen molar-refractivity contribution >= 4 is 17.3 Å². The van der Waals surface area contributed by atoms with Crippen LogP contribution in [-0.2, 0) is 6.42 Å². The number of nitrogens with zero attached hydrogens (tertiary/aromatic N) is 2. The number of hydrogen-bond acceptors (Lipinski definition) is 3. The van der Waals surface area contributed by atoms with Crippen LogP contribution < -0.4 is 0 Å². The van der Waals surface area contributed by atoms with Gasteiger partial charge in [0, 0.05) is 6.42 Å². The minimum atomic E-state index is -0.838. The molecule has 0 aliphatic heterocycles. The molecule has 0 bridgehead atoms. The molecule has 0 N–H and O–H groups in total. The van der Waals surface area contributed by atoms with Crippen molar-refractivity contribution in [1.29, 1.82) is 0 Å². The highest BCUT2D eigenvalue weighted by atomic mass is 35.5. The van der Waals surface area contributed by atoms with Gasteiger partial charge >= 0.3 is 0 Å². The molecule has 2 aromatic rings. The Hall–Kier alpha value is -2.01. The van der Waals surface area contributed by atoms with Crippen molar-refractivity contribution in [2.45, 2.75) is 6.42 Å². The molecule has 1 heterocycles. The molecule has 2 rings (SSSR count). The lowest BCUT2D eigenvalue weighted by Crippen LogP contribution is -2.02. The van der Waals surface area contributed by atoms with E-state index in [4.69, 9.17) is 11.6 Å². The number of aromatic nitrogens is 1. The minimum Gasteiger partial charge on any atom is -0.258 e. The van der Waals surface area contributed by atoms with E-state index in [2.05, 4.69) is 4.98 Å². The van der Waals surface area contributed by atoms with Gasteiger partial charge < -0.3 is 0 Å². The molecule has 0 atom stereocenters. The van der Waals surface area contributed by atoms with E-state index in [-0.39, 0.29) is 22.8 Å². The van der Waals surface area contributed by atoms with Crippen LogP contribution in [0.2, 0.25) is 5.15 Å². The Balaban J connectivity index is 2.48. The second-order valence-electron chi connectivity index (χ2n) is 3.65. The maximum absolute atomic E-state index is 13.8. The van der Waals surface area contributed by atoms with Gasteiger partial charge in [-0.15, -0.1) is 0 Å². The predicted octanol–water partition coefficient (Wildman–Crippen LogP) is 3.37. The molecule has 0 unspecified atom stereocenters. The number of halogens is 2. The Morgan fingerprint density at radius 3 is 2.61 bits per heavy atom. The van der Waals surface area contributed by atoms with E-state index in [1.54, 1.807) is 24.3 Å². The van der Waals surface area contributed by atoms with E-state index in [1.807, 2.05) is 6.07 Å². The monoisotopic (exact) mass is 266 g/mol.